The highest BCUT2D eigenvalue weighted by atomic mass is 28.4. The first-order valence-electron chi connectivity index (χ1n) is 6.89. The van der Waals surface area contributed by atoms with Gasteiger partial charge < -0.3 is 23.5 Å². The van der Waals surface area contributed by atoms with Crippen LogP contribution < -0.4 is 10.2 Å². The van der Waals surface area contributed by atoms with E-state index in [1.807, 2.05) is 0 Å². The van der Waals surface area contributed by atoms with E-state index in [9.17, 15) is 0 Å². The molecule has 6 heteroatoms. The van der Waals surface area contributed by atoms with Crippen molar-refractivity contribution in [3.8, 4) is 0 Å². The number of aryl methyl sites for hydroxylation is 1. The van der Waals surface area contributed by atoms with Crippen LogP contribution in [0.2, 0.25) is 6.04 Å². The third-order valence-corrected chi connectivity index (χ3v) is 6.63. The summed E-state index contributed by atoms with van der Waals surface area (Å²) in [6, 6.07) is 7.34. The van der Waals surface area contributed by atoms with E-state index in [0.717, 1.165) is 25.7 Å². The van der Waals surface area contributed by atoms with Gasteiger partial charge in [-0.3, -0.25) is 0 Å². The number of rotatable bonds is 7. The lowest BCUT2D eigenvalue weighted by atomic mass is 10.2. The molecule has 1 heterocycles. The summed E-state index contributed by atoms with van der Waals surface area (Å²) >= 11 is 0. The van der Waals surface area contributed by atoms with E-state index in [1.165, 1.54) is 16.9 Å². The van der Waals surface area contributed by atoms with E-state index < -0.39 is 8.80 Å². The third-order valence-electron chi connectivity index (χ3n) is 3.80. The molecular weight excluding hydrogens is 272 g/mol. The molecule has 0 saturated carbocycles. The number of hydrogen-bond acceptors (Lipinski definition) is 5. The number of anilines is 2. The third kappa shape index (κ3) is 3.14. The molecule has 5 nitrogen and oxygen atoms in total. The van der Waals surface area contributed by atoms with E-state index in [4.69, 9.17) is 13.3 Å². The Kier molecular flexibility index (Phi) is 5.04. The zero-order chi connectivity index (χ0) is 14.6. The second-order valence-electron chi connectivity index (χ2n) is 5.02. The molecule has 0 unspecified atom stereocenters. The Morgan fingerprint density at radius 1 is 1.20 bits per heavy atom. The highest BCUT2D eigenvalue weighted by molar-refractivity contribution is 6.60. The van der Waals surface area contributed by atoms with Gasteiger partial charge in [-0.2, -0.15) is 0 Å². The maximum atomic E-state index is 5.45. The lowest BCUT2D eigenvalue weighted by Gasteiger charge is -2.25. The van der Waals surface area contributed by atoms with Crippen molar-refractivity contribution < 1.29 is 13.3 Å². The Morgan fingerprint density at radius 3 is 2.55 bits per heavy atom. The van der Waals surface area contributed by atoms with Gasteiger partial charge in [-0.1, -0.05) is 6.07 Å². The molecule has 1 aliphatic rings. The molecule has 20 heavy (non-hydrogen) atoms. The molecule has 0 bridgehead atoms. The lowest BCUT2D eigenvalue weighted by molar-refractivity contribution is 0.123. The fourth-order valence-electron chi connectivity index (χ4n) is 2.58. The molecule has 0 fully saturated rings. The highest BCUT2D eigenvalue weighted by Crippen LogP contribution is 2.32. The van der Waals surface area contributed by atoms with Crippen LogP contribution in [0.5, 0.6) is 0 Å². The van der Waals surface area contributed by atoms with E-state index >= 15 is 0 Å². The number of nitrogens with zero attached hydrogens (tertiary/aromatic N) is 1. The van der Waals surface area contributed by atoms with Gasteiger partial charge >= 0.3 is 8.80 Å². The average molecular weight is 296 g/mol. The molecule has 0 atom stereocenters. The molecule has 0 aliphatic carbocycles. The van der Waals surface area contributed by atoms with Crippen LogP contribution in [0.4, 0.5) is 11.4 Å². The van der Waals surface area contributed by atoms with Gasteiger partial charge in [0.15, 0.2) is 0 Å². The molecular formula is C14H24N2O3Si. The summed E-state index contributed by atoms with van der Waals surface area (Å²) in [4.78, 5) is 2.34. The van der Waals surface area contributed by atoms with Crippen LogP contribution in [-0.2, 0) is 13.3 Å². The second kappa shape index (κ2) is 6.58. The first-order valence-corrected chi connectivity index (χ1v) is 8.82. The first kappa shape index (κ1) is 15.3. The standard InChI is InChI=1S/C14H24N2O3Si/c1-12-6-7-14-13(10-12)15-11-16(14)8-5-9-20(17-2,18-3)19-4/h6-7,10,15H,5,8-9,11H2,1-4H3. The van der Waals surface area contributed by atoms with Gasteiger partial charge in [0.1, 0.15) is 0 Å². The van der Waals surface area contributed by atoms with Gasteiger partial charge in [0.05, 0.1) is 18.0 Å². The Balaban J connectivity index is 1.91. The predicted molar refractivity (Wildman–Crippen MR) is 83.2 cm³/mol. The van der Waals surface area contributed by atoms with Gasteiger partial charge in [0, 0.05) is 33.9 Å². The largest absolute Gasteiger partial charge is 0.500 e. The number of fused-ring (bicyclic) bond motifs is 1. The summed E-state index contributed by atoms with van der Waals surface area (Å²) in [5, 5.41) is 3.42. The minimum absolute atomic E-state index is 0.828. The van der Waals surface area contributed by atoms with E-state index in [-0.39, 0.29) is 0 Å². The van der Waals surface area contributed by atoms with E-state index in [2.05, 4.69) is 35.3 Å². The molecule has 0 spiro atoms. The van der Waals surface area contributed by atoms with Crippen LogP contribution in [0.25, 0.3) is 0 Å². The summed E-state index contributed by atoms with van der Waals surface area (Å²) < 4.78 is 16.3. The van der Waals surface area contributed by atoms with Gasteiger partial charge in [0.2, 0.25) is 0 Å². The fourth-order valence-corrected chi connectivity index (χ4v) is 4.28. The lowest BCUT2D eigenvalue weighted by Crippen LogP contribution is -2.43. The minimum atomic E-state index is -2.44. The summed E-state index contributed by atoms with van der Waals surface area (Å²) in [5.41, 5.74) is 3.77. The fraction of sp³-hybridized carbons (Fsp3) is 0.571. The molecule has 0 saturated heterocycles. The van der Waals surface area contributed by atoms with Crippen molar-refractivity contribution in [2.75, 3.05) is 44.8 Å². The SMILES string of the molecule is CO[Si](CCCN1CNc2cc(C)ccc21)(OC)OC. The smallest absolute Gasteiger partial charge is 0.377 e. The number of nitrogens with one attached hydrogen (secondary N) is 1. The first-order chi connectivity index (χ1) is 9.64. The monoisotopic (exact) mass is 296 g/mol. The molecule has 2 rings (SSSR count). The maximum absolute atomic E-state index is 5.45. The van der Waals surface area contributed by atoms with Gasteiger partial charge in [-0.25, -0.2) is 0 Å². The normalized spacial score (nSPS) is 14.3. The molecule has 1 aliphatic heterocycles. The number of benzene rings is 1. The van der Waals surface area contributed by atoms with Crippen LogP contribution in [0.3, 0.4) is 0 Å². The van der Waals surface area contributed by atoms with Crippen LogP contribution in [0.1, 0.15) is 12.0 Å². The summed E-state index contributed by atoms with van der Waals surface area (Å²) in [6.07, 6.45) is 0.983. The summed E-state index contributed by atoms with van der Waals surface area (Å²) in [5.74, 6) is 0. The average Bonchev–Trinajstić information content (AvgIpc) is 2.86. The Hall–Kier alpha value is -1.08. The second-order valence-corrected chi connectivity index (χ2v) is 8.11. The van der Waals surface area contributed by atoms with E-state index in [0.29, 0.717) is 0 Å². The van der Waals surface area contributed by atoms with Crippen LogP contribution >= 0.6 is 0 Å². The maximum Gasteiger partial charge on any atom is 0.500 e. The highest BCUT2D eigenvalue weighted by Gasteiger charge is 2.37. The predicted octanol–water partition coefficient (Wildman–Crippen LogP) is 2.45. The molecule has 1 aromatic rings. The Bertz CT molecular complexity index is 444. The zero-order valence-corrected chi connectivity index (χ0v) is 13.7. The number of hydrogen-bond donors (Lipinski definition) is 1. The Morgan fingerprint density at radius 2 is 1.90 bits per heavy atom. The summed E-state index contributed by atoms with van der Waals surface area (Å²) in [6.45, 7) is 3.94. The molecule has 1 N–H and O–H groups in total. The van der Waals surface area contributed by atoms with Crippen LogP contribution in [0.15, 0.2) is 18.2 Å². The molecule has 0 amide bonds. The van der Waals surface area contributed by atoms with Crippen molar-refractivity contribution in [2.24, 2.45) is 0 Å². The molecule has 0 aromatic heterocycles. The van der Waals surface area contributed by atoms with Crippen molar-refractivity contribution in [3.63, 3.8) is 0 Å². The molecule has 1 aromatic carbocycles. The van der Waals surface area contributed by atoms with Crippen molar-refractivity contribution in [3.05, 3.63) is 23.8 Å². The van der Waals surface area contributed by atoms with E-state index in [1.54, 1.807) is 21.3 Å². The Labute approximate surface area is 122 Å². The van der Waals surface area contributed by atoms with Crippen molar-refractivity contribution in [1.29, 1.82) is 0 Å². The van der Waals surface area contributed by atoms with Gasteiger partial charge in [-0.05, 0) is 31.0 Å². The topological polar surface area (TPSA) is 43.0 Å². The molecule has 0 radical (unpaired) electrons. The summed E-state index contributed by atoms with van der Waals surface area (Å²) in [7, 11) is 2.55. The minimum Gasteiger partial charge on any atom is -0.377 e. The van der Waals surface area contributed by atoms with Gasteiger partial charge in [-0.15, -0.1) is 0 Å². The molecule has 112 valence electrons. The quantitative estimate of drug-likeness (QED) is 0.783. The van der Waals surface area contributed by atoms with Crippen molar-refractivity contribution in [1.82, 2.24) is 0 Å². The van der Waals surface area contributed by atoms with Crippen LogP contribution in [0, 0.1) is 6.92 Å². The zero-order valence-electron chi connectivity index (χ0n) is 12.7. The van der Waals surface area contributed by atoms with Crippen molar-refractivity contribution in [2.45, 2.75) is 19.4 Å². The van der Waals surface area contributed by atoms with Crippen LogP contribution in [-0.4, -0.2) is 43.3 Å². The van der Waals surface area contributed by atoms with Gasteiger partial charge in [0.25, 0.3) is 0 Å². The van der Waals surface area contributed by atoms with Crippen molar-refractivity contribution >= 4 is 20.2 Å².